The molecule has 1 aromatic heterocycles. The number of hydrogen-bond acceptors (Lipinski definition) is 4. The van der Waals surface area contributed by atoms with Crippen molar-refractivity contribution in [3.05, 3.63) is 105 Å². The first-order chi connectivity index (χ1) is 12.7. The van der Waals surface area contributed by atoms with Gasteiger partial charge in [0, 0.05) is 17.7 Å². The minimum Gasteiger partial charge on any atom is -0.258 e. The van der Waals surface area contributed by atoms with E-state index in [0.29, 0.717) is 0 Å². The van der Waals surface area contributed by atoms with Crippen molar-refractivity contribution in [3.63, 3.8) is 0 Å². The number of nitro groups is 1. The molecule has 4 aromatic rings. The summed E-state index contributed by atoms with van der Waals surface area (Å²) in [5.74, 6) is 0. The van der Waals surface area contributed by atoms with E-state index in [1.807, 2.05) is 54.6 Å². The van der Waals surface area contributed by atoms with E-state index in [4.69, 9.17) is 4.98 Å². The van der Waals surface area contributed by atoms with Gasteiger partial charge in [-0.25, -0.2) is 4.98 Å². The van der Waals surface area contributed by atoms with E-state index in [9.17, 15) is 10.1 Å². The molecule has 1 heterocycles. The van der Waals surface area contributed by atoms with Gasteiger partial charge in [-0.05, 0) is 41.5 Å². The zero-order valence-corrected chi connectivity index (χ0v) is 14.5. The lowest BCUT2D eigenvalue weighted by Crippen LogP contribution is -1.89. The summed E-state index contributed by atoms with van der Waals surface area (Å²) < 4.78 is 1.13. The fraction of sp³-hybridized carbons (Fsp3) is 0. The number of thiazole rings is 1. The molecule has 0 aliphatic rings. The van der Waals surface area contributed by atoms with Gasteiger partial charge in [-0.15, -0.1) is 11.3 Å². The predicted octanol–water partition coefficient (Wildman–Crippen LogP) is 5.79. The highest BCUT2D eigenvalue weighted by molar-refractivity contribution is 7.19. The smallest absolute Gasteiger partial charge is 0.258 e. The molecule has 0 amide bonds. The van der Waals surface area contributed by atoms with E-state index in [1.165, 1.54) is 12.1 Å². The average molecular weight is 358 g/mol. The molecule has 0 aliphatic carbocycles. The number of nitro benzene ring substituents is 1. The van der Waals surface area contributed by atoms with Crippen LogP contribution in [0.4, 0.5) is 5.69 Å². The molecule has 0 atom stereocenters. The number of para-hydroxylation sites is 1. The maximum absolute atomic E-state index is 10.9. The molecule has 4 nitrogen and oxygen atoms in total. The quantitative estimate of drug-likeness (QED) is 0.263. The standard InChI is InChI=1S/C21H14N2O2S/c24-23(25)17-12-10-15(11-13-17)14-18(16-6-2-1-3-7-16)21-22-19-8-4-5-9-20(19)26-21/h1-14H. The van der Waals surface area contributed by atoms with Crippen LogP contribution >= 0.6 is 11.3 Å². The van der Waals surface area contributed by atoms with Crippen molar-refractivity contribution in [2.75, 3.05) is 0 Å². The summed E-state index contributed by atoms with van der Waals surface area (Å²) in [5, 5.41) is 11.8. The highest BCUT2D eigenvalue weighted by atomic mass is 32.1. The largest absolute Gasteiger partial charge is 0.269 e. The second kappa shape index (κ2) is 6.90. The van der Waals surface area contributed by atoms with Crippen LogP contribution in [0, 0.1) is 10.1 Å². The molecule has 0 radical (unpaired) electrons. The Hall–Kier alpha value is -3.31. The first-order valence-corrected chi connectivity index (χ1v) is 8.90. The van der Waals surface area contributed by atoms with Crippen molar-refractivity contribution in [2.24, 2.45) is 0 Å². The fourth-order valence-corrected chi connectivity index (χ4v) is 3.74. The Morgan fingerprint density at radius 2 is 1.62 bits per heavy atom. The molecule has 0 spiro atoms. The third-order valence-corrected chi connectivity index (χ3v) is 5.09. The van der Waals surface area contributed by atoms with Crippen LogP contribution in [0.3, 0.4) is 0 Å². The minimum absolute atomic E-state index is 0.0865. The second-order valence-electron chi connectivity index (χ2n) is 5.76. The normalized spacial score (nSPS) is 11.6. The second-order valence-corrected chi connectivity index (χ2v) is 6.79. The summed E-state index contributed by atoms with van der Waals surface area (Å²) in [7, 11) is 0. The van der Waals surface area contributed by atoms with Crippen molar-refractivity contribution in [1.29, 1.82) is 0 Å². The number of hydrogen-bond donors (Lipinski definition) is 0. The molecule has 5 heteroatoms. The van der Waals surface area contributed by atoms with Crippen molar-refractivity contribution in [3.8, 4) is 0 Å². The highest BCUT2D eigenvalue weighted by Gasteiger charge is 2.12. The van der Waals surface area contributed by atoms with Crippen LogP contribution in [0.1, 0.15) is 16.1 Å². The van der Waals surface area contributed by atoms with Crippen molar-refractivity contribution >= 4 is 38.9 Å². The Labute approximate surface area is 154 Å². The Morgan fingerprint density at radius 1 is 0.923 bits per heavy atom. The van der Waals surface area contributed by atoms with Crippen LogP contribution in [0.15, 0.2) is 78.9 Å². The molecule has 0 N–H and O–H groups in total. The fourth-order valence-electron chi connectivity index (χ4n) is 2.73. The highest BCUT2D eigenvalue weighted by Crippen LogP contribution is 2.32. The minimum atomic E-state index is -0.390. The van der Waals surface area contributed by atoms with Crippen LogP contribution in [-0.2, 0) is 0 Å². The number of benzene rings is 3. The Bertz CT molecular complexity index is 1070. The van der Waals surface area contributed by atoms with Crippen molar-refractivity contribution in [1.82, 2.24) is 4.98 Å². The number of rotatable bonds is 4. The van der Waals surface area contributed by atoms with Crippen LogP contribution in [-0.4, -0.2) is 9.91 Å². The SMILES string of the molecule is O=[N+]([O-])c1ccc(C=C(c2ccccc2)c2nc3ccccc3s2)cc1. The van der Waals surface area contributed by atoms with E-state index in [2.05, 4.69) is 6.07 Å². The lowest BCUT2D eigenvalue weighted by atomic mass is 10.0. The molecule has 0 aliphatic heterocycles. The van der Waals surface area contributed by atoms with Gasteiger partial charge in [-0.2, -0.15) is 0 Å². The zero-order valence-electron chi connectivity index (χ0n) is 13.7. The average Bonchev–Trinajstić information content (AvgIpc) is 3.11. The van der Waals surface area contributed by atoms with E-state index in [1.54, 1.807) is 23.5 Å². The molecule has 126 valence electrons. The van der Waals surface area contributed by atoms with Gasteiger partial charge in [0.2, 0.25) is 0 Å². The van der Waals surface area contributed by atoms with Crippen LogP contribution < -0.4 is 0 Å². The number of nitrogens with zero attached hydrogens (tertiary/aromatic N) is 2. The lowest BCUT2D eigenvalue weighted by Gasteiger charge is -2.05. The van der Waals surface area contributed by atoms with Crippen molar-refractivity contribution in [2.45, 2.75) is 0 Å². The third kappa shape index (κ3) is 3.25. The van der Waals surface area contributed by atoms with Gasteiger partial charge < -0.3 is 0 Å². The molecule has 0 saturated heterocycles. The summed E-state index contributed by atoms with van der Waals surface area (Å²) in [6, 6.07) is 24.7. The van der Waals surface area contributed by atoms with Crippen LogP contribution in [0.5, 0.6) is 0 Å². The molecule has 0 unspecified atom stereocenters. The van der Waals surface area contributed by atoms with Gasteiger partial charge in [0.25, 0.3) is 5.69 Å². The van der Waals surface area contributed by atoms with Crippen molar-refractivity contribution < 1.29 is 4.92 Å². The lowest BCUT2D eigenvalue weighted by molar-refractivity contribution is -0.384. The number of non-ortho nitro benzene ring substituents is 1. The molecule has 4 rings (SSSR count). The molecule has 26 heavy (non-hydrogen) atoms. The van der Waals surface area contributed by atoms with E-state index in [0.717, 1.165) is 31.9 Å². The summed E-state index contributed by atoms with van der Waals surface area (Å²) in [5.41, 5.74) is 4.01. The predicted molar refractivity (Wildman–Crippen MR) is 106 cm³/mol. The van der Waals surface area contributed by atoms with Gasteiger partial charge in [0.1, 0.15) is 5.01 Å². The zero-order chi connectivity index (χ0) is 17.9. The van der Waals surface area contributed by atoms with Crippen LogP contribution in [0.25, 0.3) is 21.9 Å². The van der Waals surface area contributed by atoms with Gasteiger partial charge in [0.15, 0.2) is 0 Å². The summed E-state index contributed by atoms with van der Waals surface area (Å²) >= 11 is 1.64. The molecular weight excluding hydrogens is 344 g/mol. The number of aromatic nitrogens is 1. The van der Waals surface area contributed by atoms with Gasteiger partial charge >= 0.3 is 0 Å². The maximum Gasteiger partial charge on any atom is 0.269 e. The van der Waals surface area contributed by atoms with Gasteiger partial charge in [-0.1, -0.05) is 42.5 Å². The maximum atomic E-state index is 10.9. The summed E-state index contributed by atoms with van der Waals surface area (Å²) in [4.78, 5) is 15.2. The van der Waals surface area contributed by atoms with Gasteiger partial charge in [0.05, 0.1) is 15.1 Å². The first kappa shape index (κ1) is 16.2. The molecule has 0 fully saturated rings. The number of fused-ring (bicyclic) bond motifs is 1. The summed E-state index contributed by atoms with van der Waals surface area (Å²) in [6.45, 7) is 0. The molecule has 0 saturated carbocycles. The topological polar surface area (TPSA) is 56.0 Å². The van der Waals surface area contributed by atoms with E-state index >= 15 is 0 Å². The molecule has 0 bridgehead atoms. The Morgan fingerprint density at radius 3 is 2.31 bits per heavy atom. The summed E-state index contributed by atoms with van der Waals surface area (Å²) in [6.07, 6.45) is 2.02. The molecule has 3 aromatic carbocycles. The van der Waals surface area contributed by atoms with E-state index < -0.39 is 0 Å². The Kier molecular flexibility index (Phi) is 4.29. The van der Waals surface area contributed by atoms with E-state index in [-0.39, 0.29) is 10.6 Å². The third-order valence-electron chi connectivity index (χ3n) is 4.02. The van der Waals surface area contributed by atoms with Gasteiger partial charge in [-0.3, -0.25) is 10.1 Å². The molecular formula is C21H14N2O2S. The monoisotopic (exact) mass is 358 g/mol. The Balaban J connectivity index is 1.84. The first-order valence-electron chi connectivity index (χ1n) is 8.08. The van der Waals surface area contributed by atoms with Crippen LogP contribution in [0.2, 0.25) is 0 Å².